The third kappa shape index (κ3) is 4.51. The van der Waals surface area contributed by atoms with Crippen molar-refractivity contribution in [2.75, 3.05) is 0 Å². The number of ether oxygens (including phenoxy) is 1. The normalized spacial score (nSPS) is 24.2. The average molecular weight is 228 g/mol. The minimum absolute atomic E-state index is 0.0227. The first-order chi connectivity index (χ1) is 7.40. The summed E-state index contributed by atoms with van der Waals surface area (Å²) < 4.78 is 5.16. The molecule has 2 N–H and O–H groups in total. The molecule has 1 atom stereocenters. The molecule has 0 aromatic rings. The van der Waals surface area contributed by atoms with Gasteiger partial charge in [0.2, 0.25) is 0 Å². The Hall–Kier alpha value is -1.26. The van der Waals surface area contributed by atoms with Crippen molar-refractivity contribution in [3.05, 3.63) is 0 Å². The number of carbonyl (C=O) groups excluding carboxylic acids is 1. The fraction of sp³-hybridized carbons (Fsp3) is 0.818. The summed E-state index contributed by atoms with van der Waals surface area (Å²) >= 11 is 0. The molecule has 0 radical (unpaired) electrons. The van der Waals surface area contributed by atoms with Crippen molar-refractivity contribution in [2.45, 2.75) is 58.1 Å². The van der Waals surface area contributed by atoms with E-state index in [2.05, 4.69) is 10.5 Å². The lowest BCUT2D eigenvalue weighted by Crippen LogP contribution is -2.41. The van der Waals surface area contributed by atoms with Gasteiger partial charge in [0, 0.05) is 12.5 Å². The van der Waals surface area contributed by atoms with Gasteiger partial charge in [-0.1, -0.05) is 5.16 Å². The van der Waals surface area contributed by atoms with E-state index in [1.165, 1.54) is 0 Å². The lowest BCUT2D eigenvalue weighted by molar-refractivity contribution is 0.0501. The van der Waals surface area contributed by atoms with Crippen molar-refractivity contribution < 1.29 is 14.7 Å². The molecular formula is C11H20N2O3. The highest BCUT2D eigenvalue weighted by Crippen LogP contribution is 2.16. The van der Waals surface area contributed by atoms with Crippen LogP contribution in [0.3, 0.4) is 0 Å². The number of oxime groups is 1. The van der Waals surface area contributed by atoms with Crippen molar-refractivity contribution in [3.8, 4) is 0 Å². The minimum Gasteiger partial charge on any atom is -0.444 e. The number of carbonyl (C=O) groups is 1. The maximum Gasteiger partial charge on any atom is 0.407 e. The number of hydrogen-bond acceptors (Lipinski definition) is 4. The number of rotatable bonds is 1. The van der Waals surface area contributed by atoms with Gasteiger partial charge in [0.15, 0.2) is 0 Å². The highest BCUT2D eigenvalue weighted by atomic mass is 16.6. The Balaban J connectivity index is 2.39. The molecule has 1 saturated carbocycles. The Labute approximate surface area is 95.9 Å². The first kappa shape index (κ1) is 12.8. The minimum atomic E-state index is -0.480. The van der Waals surface area contributed by atoms with Crippen LogP contribution in [-0.2, 0) is 4.74 Å². The van der Waals surface area contributed by atoms with E-state index in [0.29, 0.717) is 6.42 Å². The molecule has 1 unspecified atom stereocenters. The second-order valence-electron chi connectivity index (χ2n) is 5.11. The third-order valence-corrected chi connectivity index (χ3v) is 2.36. The molecule has 92 valence electrons. The van der Waals surface area contributed by atoms with E-state index in [1.54, 1.807) is 0 Å². The molecule has 0 aliphatic heterocycles. The van der Waals surface area contributed by atoms with Crippen LogP contribution in [0, 0.1) is 0 Å². The first-order valence-corrected chi connectivity index (χ1v) is 5.60. The summed E-state index contributed by atoms with van der Waals surface area (Å²) in [7, 11) is 0. The van der Waals surface area contributed by atoms with Crippen LogP contribution in [0.1, 0.15) is 46.5 Å². The molecule has 5 nitrogen and oxygen atoms in total. The first-order valence-electron chi connectivity index (χ1n) is 5.60. The predicted molar refractivity (Wildman–Crippen MR) is 60.8 cm³/mol. The number of alkyl carbamates (subject to hydrolysis) is 1. The van der Waals surface area contributed by atoms with Crippen molar-refractivity contribution in [2.24, 2.45) is 5.16 Å². The van der Waals surface area contributed by atoms with Crippen LogP contribution < -0.4 is 5.32 Å². The molecule has 1 aliphatic carbocycles. The van der Waals surface area contributed by atoms with Gasteiger partial charge < -0.3 is 15.3 Å². The maximum absolute atomic E-state index is 11.5. The van der Waals surface area contributed by atoms with Gasteiger partial charge in [0.05, 0.1) is 5.71 Å². The zero-order valence-electron chi connectivity index (χ0n) is 10.1. The smallest absolute Gasteiger partial charge is 0.407 e. The molecule has 0 saturated heterocycles. The molecule has 1 amide bonds. The van der Waals surface area contributed by atoms with E-state index in [-0.39, 0.29) is 6.04 Å². The van der Waals surface area contributed by atoms with E-state index >= 15 is 0 Å². The van der Waals surface area contributed by atoms with Crippen molar-refractivity contribution in [1.29, 1.82) is 0 Å². The van der Waals surface area contributed by atoms with Crippen molar-refractivity contribution in [1.82, 2.24) is 5.32 Å². The molecule has 0 spiro atoms. The Kier molecular flexibility index (Phi) is 4.15. The molecule has 1 rings (SSSR count). The van der Waals surface area contributed by atoms with Crippen LogP contribution in [0.15, 0.2) is 5.16 Å². The lowest BCUT2D eigenvalue weighted by atomic mass is 9.94. The predicted octanol–water partition coefficient (Wildman–Crippen LogP) is 2.28. The van der Waals surface area contributed by atoms with Crippen LogP contribution in [0.25, 0.3) is 0 Å². The molecule has 16 heavy (non-hydrogen) atoms. The summed E-state index contributed by atoms with van der Waals surface area (Å²) in [6, 6.07) is 0.0227. The highest BCUT2D eigenvalue weighted by Gasteiger charge is 2.23. The molecular weight excluding hydrogens is 208 g/mol. The molecule has 0 bridgehead atoms. The molecule has 0 aromatic carbocycles. The number of amides is 1. The zero-order valence-corrected chi connectivity index (χ0v) is 10.1. The Morgan fingerprint density at radius 1 is 1.56 bits per heavy atom. The summed E-state index contributed by atoms with van der Waals surface area (Å²) in [5.41, 5.74) is 0.263. The van der Waals surface area contributed by atoms with Gasteiger partial charge in [-0.25, -0.2) is 4.79 Å². The van der Waals surface area contributed by atoms with Crippen molar-refractivity contribution >= 4 is 11.8 Å². The summed E-state index contributed by atoms with van der Waals surface area (Å²) in [4.78, 5) is 11.5. The Morgan fingerprint density at radius 3 is 2.81 bits per heavy atom. The summed E-state index contributed by atoms with van der Waals surface area (Å²) in [5, 5.41) is 14.7. The second kappa shape index (κ2) is 5.18. The SMILES string of the molecule is CC(C)(C)OC(=O)NC1CCC/C(=N\O)C1. The fourth-order valence-corrected chi connectivity index (χ4v) is 1.73. The maximum atomic E-state index is 11.5. The lowest BCUT2D eigenvalue weighted by Gasteiger charge is -2.26. The highest BCUT2D eigenvalue weighted by molar-refractivity contribution is 5.85. The van der Waals surface area contributed by atoms with Gasteiger partial charge in [-0.05, 0) is 40.0 Å². The van der Waals surface area contributed by atoms with Crippen LogP contribution in [0.5, 0.6) is 0 Å². The summed E-state index contributed by atoms with van der Waals surface area (Å²) in [6.07, 6.45) is 2.84. The zero-order chi connectivity index (χ0) is 12.2. The standard InChI is InChI=1S/C11H20N2O3/c1-11(2,3)16-10(14)12-8-5-4-6-9(7-8)13-15/h8,15H,4-7H2,1-3H3,(H,12,14)/b13-9+. The quantitative estimate of drug-likeness (QED) is 0.534. The Morgan fingerprint density at radius 2 is 2.25 bits per heavy atom. The van der Waals surface area contributed by atoms with Gasteiger partial charge in [0.25, 0.3) is 0 Å². The van der Waals surface area contributed by atoms with E-state index < -0.39 is 11.7 Å². The topological polar surface area (TPSA) is 70.9 Å². The second-order valence-corrected chi connectivity index (χ2v) is 5.11. The average Bonchev–Trinajstić information content (AvgIpc) is 2.15. The molecule has 0 heterocycles. The van der Waals surface area contributed by atoms with Gasteiger partial charge in [-0.3, -0.25) is 0 Å². The molecule has 5 heteroatoms. The molecule has 0 aromatic heterocycles. The molecule has 1 fully saturated rings. The number of nitrogens with zero attached hydrogens (tertiary/aromatic N) is 1. The van der Waals surface area contributed by atoms with Gasteiger partial charge in [0.1, 0.15) is 5.60 Å². The monoisotopic (exact) mass is 228 g/mol. The van der Waals surface area contributed by atoms with Crippen LogP contribution in [0.2, 0.25) is 0 Å². The van der Waals surface area contributed by atoms with Gasteiger partial charge in [-0.2, -0.15) is 0 Å². The van der Waals surface area contributed by atoms with Gasteiger partial charge >= 0.3 is 6.09 Å². The summed E-state index contributed by atoms with van der Waals surface area (Å²) in [6.45, 7) is 5.48. The van der Waals surface area contributed by atoms with E-state index in [1.807, 2.05) is 20.8 Å². The van der Waals surface area contributed by atoms with E-state index in [4.69, 9.17) is 9.94 Å². The van der Waals surface area contributed by atoms with Crippen LogP contribution >= 0.6 is 0 Å². The largest absolute Gasteiger partial charge is 0.444 e. The summed E-state index contributed by atoms with van der Waals surface area (Å²) in [5.74, 6) is 0. The number of nitrogens with one attached hydrogen (secondary N) is 1. The fourth-order valence-electron chi connectivity index (χ4n) is 1.73. The molecule has 1 aliphatic rings. The van der Waals surface area contributed by atoms with Crippen LogP contribution in [-0.4, -0.2) is 28.7 Å². The van der Waals surface area contributed by atoms with Crippen LogP contribution in [0.4, 0.5) is 4.79 Å². The van der Waals surface area contributed by atoms with E-state index in [9.17, 15) is 4.79 Å². The third-order valence-electron chi connectivity index (χ3n) is 2.36. The Bertz CT molecular complexity index is 281. The van der Waals surface area contributed by atoms with Crippen molar-refractivity contribution in [3.63, 3.8) is 0 Å². The van der Waals surface area contributed by atoms with E-state index in [0.717, 1.165) is 25.0 Å². The number of hydrogen-bond donors (Lipinski definition) is 2. The van der Waals surface area contributed by atoms with Gasteiger partial charge in [-0.15, -0.1) is 0 Å².